The van der Waals surface area contributed by atoms with Gasteiger partial charge in [-0.05, 0) is 18.2 Å². The molecule has 0 saturated heterocycles. The van der Waals surface area contributed by atoms with Crippen LogP contribution in [-0.4, -0.2) is 14.5 Å². The number of hydrogen-bond acceptors (Lipinski definition) is 2. The van der Waals surface area contributed by atoms with Crippen molar-refractivity contribution in [3.8, 4) is 17.1 Å². The smallest absolute Gasteiger partial charge is 0.416 e. The first-order valence-electron chi connectivity index (χ1n) is 5.79. The van der Waals surface area contributed by atoms with Crippen molar-refractivity contribution < 1.29 is 18.3 Å². The zero-order valence-electron chi connectivity index (χ0n) is 10.1. The first-order valence-corrected chi connectivity index (χ1v) is 5.79. The minimum absolute atomic E-state index is 0.0768. The molecule has 1 N–H and O–H groups in total. The van der Waals surface area contributed by atoms with Crippen LogP contribution < -0.4 is 0 Å². The van der Waals surface area contributed by atoms with Crippen LogP contribution in [0.5, 0.6) is 5.75 Å². The zero-order chi connectivity index (χ0) is 14.3. The number of aromatic nitrogens is 2. The lowest BCUT2D eigenvalue weighted by Crippen LogP contribution is -2.04. The van der Waals surface area contributed by atoms with E-state index in [0.29, 0.717) is 16.9 Å². The summed E-state index contributed by atoms with van der Waals surface area (Å²) < 4.78 is 39.8. The SMILES string of the molecule is Oc1ccn2c(-c3cccc(C(F)(F)F)c3)ncc2c1. The van der Waals surface area contributed by atoms with E-state index in [-0.39, 0.29) is 5.75 Å². The van der Waals surface area contributed by atoms with Crippen LogP contribution >= 0.6 is 0 Å². The van der Waals surface area contributed by atoms with Gasteiger partial charge in [0.15, 0.2) is 0 Å². The number of benzene rings is 1. The maximum Gasteiger partial charge on any atom is 0.416 e. The molecular formula is C14H9F3N2O. The second kappa shape index (κ2) is 4.26. The van der Waals surface area contributed by atoms with Gasteiger partial charge in [0.05, 0.1) is 17.3 Å². The second-order valence-electron chi connectivity index (χ2n) is 4.34. The number of pyridine rings is 1. The molecule has 102 valence electrons. The molecule has 0 atom stereocenters. The zero-order valence-corrected chi connectivity index (χ0v) is 10.1. The van der Waals surface area contributed by atoms with Crippen LogP contribution in [0.25, 0.3) is 16.9 Å². The lowest BCUT2D eigenvalue weighted by atomic mass is 10.1. The van der Waals surface area contributed by atoms with Crippen molar-refractivity contribution in [3.05, 3.63) is 54.4 Å². The van der Waals surface area contributed by atoms with E-state index in [2.05, 4.69) is 4.98 Å². The minimum atomic E-state index is -4.39. The van der Waals surface area contributed by atoms with Crippen LogP contribution in [0.2, 0.25) is 0 Å². The Morgan fingerprint density at radius 3 is 2.65 bits per heavy atom. The van der Waals surface area contributed by atoms with Gasteiger partial charge in [0, 0.05) is 17.8 Å². The van der Waals surface area contributed by atoms with Gasteiger partial charge in [0.1, 0.15) is 11.6 Å². The van der Waals surface area contributed by atoms with Crippen molar-refractivity contribution in [1.29, 1.82) is 0 Å². The van der Waals surface area contributed by atoms with Gasteiger partial charge in [-0.25, -0.2) is 4.98 Å². The van der Waals surface area contributed by atoms with Crippen LogP contribution in [0.1, 0.15) is 5.56 Å². The monoisotopic (exact) mass is 278 g/mol. The Hall–Kier alpha value is -2.50. The largest absolute Gasteiger partial charge is 0.508 e. The molecule has 0 aliphatic heterocycles. The molecule has 20 heavy (non-hydrogen) atoms. The maximum atomic E-state index is 12.7. The average molecular weight is 278 g/mol. The number of imidazole rings is 1. The summed E-state index contributed by atoms with van der Waals surface area (Å²) in [4.78, 5) is 4.11. The van der Waals surface area contributed by atoms with Gasteiger partial charge in [-0.1, -0.05) is 12.1 Å². The lowest BCUT2D eigenvalue weighted by molar-refractivity contribution is -0.137. The van der Waals surface area contributed by atoms with Crippen LogP contribution in [-0.2, 0) is 6.18 Å². The molecule has 3 nitrogen and oxygen atoms in total. The fourth-order valence-electron chi connectivity index (χ4n) is 2.04. The van der Waals surface area contributed by atoms with Crippen LogP contribution in [0.3, 0.4) is 0 Å². The Kier molecular flexibility index (Phi) is 2.67. The normalized spacial score (nSPS) is 11.9. The predicted molar refractivity (Wildman–Crippen MR) is 67.3 cm³/mol. The van der Waals surface area contributed by atoms with Crippen molar-refractivity contribution in [2.24, 2.45) is 0 Å². The summed E-state index contributed by atoms with van der Waals surface area (Å²) in [7, 11) is 0. The van der Waals surface area contributed by atoms with Gasteiger partial charge in [-0.2, -0.15) is 13.2 Å². The molecule has 0 bridgehead atoms. The second-order valence-corrected chi connectivity index (χ2v) is 4.34. The first-order chi connectivity index (χ1) is 9.45. The number of nitrogens with zero attached hydrogens (tertiary/aromatic N) is 2. The maximum absolute atomic E-state index is 12.7. The standard InChI is InChI=1S/C14H9F3N2O/c15-14(16,17)10-3-1-2-9(6-10)13-18-8-11-7-12(20)4-5-19(11)13/h1-8,20H. The summed E-state index contributed by atoms with van der Waals surface area (Å²) >= 11 is 0. The summed E-state index contributed by atoms with van der Waals surface area (Å²) in [6.45, 7) is 0. The van der Waals surface area contributed by atoms with Gasteiger partial charge in [0.25, 0.3) is 0 Å². The van der Waals surface area contributed by atoms with E-state index >= 15 is 0 Å². The molecule has 0 amide bonds. The summed E-state index contributed by atoms with van der Waals surface area (Å²) in [5.74, 6) is 0.471. The highest BCUT2D eigenvalue weighted by atomic mass is 19.4. The van der Waals surface area contributed by atoms with E-state index in [9.17, 15) is 18.3 Å². The number of alkyl halides is 3. The molecule has 0 spiro atoms. The van der Waals surface area contributed by atoms with E-state index in [4.69, 9.17) is 0 Å². The molecule has 6 heteroatoms. The molecule has 0 saturated carbocycles. The number of fused-ring (bicyclic) bond motifs is 1. The van der Waals surface area contributed by atoms with Gasteiger partial charge in [-0.15, -0.1) is 0 Å². The highest BCUT2D eigenvalue weighted by Gasteiger charge is 2.30. The Bertz CT molecular complexity index is 777. The summed E-state index contributed by atoms with van der Waals surface area (Å²) in [6.07, 6.45) is -1.33. The molecule has 0 aliphatic carbocycles. The van der Waals surface area contributed by atoms with Gasteiger partial charge < -0.3 is 5.11 Å². The molecule has 3 rings (SSSR count). The summed E-state index contributed by atoms with van der Waals surface area (Å²) in [6, 6.07) is 7.93. The van der Waals surface area contributed by atoms with E-state index in [0.717, 1.165) is 12.1 Å². The molecule has 0 unspecified atom stereocenters. The van der Waals surface area contributed by atoms with Crippen LogP contribution in [0, 0.1) is 0 Å². The van der Waals surface area contributed by atoms with Crippen molar-refractivity contribution in [3.63, 3.8) is 0 Å². The van der Waals surface area contributed by atoms with Crippen molar-refractivity contribution >= 4 is 5.52 Å². The molecule has 3 aromatic rings. The van der Waals surface area contributed by atoms with Crippen molar-refractivity contribution in [2.45, 2.75) is 6.18 Å². The van der Waals surface area contributed by atoms with E-state index < -0.39 is 11.7 Å². The Morgan fingerprint density at radius 1 is 1.10 bits per heavy atom. The Labute approximate surface area is 111 Å². The summed E-state index contributed by atoms with van der Waals surface area (Å²) in [5.41, 5.74) is 0.258. The van der Waals surface area contributed by atoms with E-state index in [1.807, 2.05) is 0 Å². The lowest BCUT2D eigenvalue weighted by Gasteiger charge is -2.08. The number of rotatable bonds is 1. The van der Waals surface area contributed by atoms with Crippen LogP contribution in [0.15, 0.2) is 48.8 Å². The van der Waals surface area contributed by atoms with E-state index in [1.54, 1.807) is 16.7 Å². The third kappa shape index (κ3) is 2.09. The third-order valence-electron chi connectivity index (χ3n) is 2.96. The highest BCUT2D eigenvalue weighted by Crippen LogP contribution is 2.32. The molecule has 0 fully saturated rings. The fraction of sp³-hybridized carbons (Fsp3) is 0.0714. The third-order valence-corrected chi connectivity index (χ3v) is 2.96. The first kappa shape index (κ1) is 12.5. The van der Waals surface area contributed by atoms with Crippen molar-refractivity contribution in [2.75, 3.05) is 0 Å². The molecule has 0 aliphatic rings. The van der Waals surface area contributed by atoms with Crippen LogP contribution in [0.4, 0.5) is 13.2 Å². The molecule has 2 heterocycles. The number of aromatic hydroxyl groups is 1. The number of halogens is 3. The number of hydrogen-bond donors (Lipinski definition) is 1. The molecule has 2 aromatic heterocycles. The van der Waals surface area contributed by atoms with Crippen molar-refractivity contribution in [1.82, 2.24) is 9.38 Å². The van der Waals surface area contributed by atoms with E-state index in [1.165, 1.54) is 24.4 Å². The molecule has 1 aromatic carbocycles. The average Bonchev–Trinajstić information content (AvgIpc) is 2.80. The summed E-state index contributed by atoms with van der Waals surface area (Å²) in [5, 5.41) is 9.37. The predicted octanol–water partition coefficient (Wildman–Crippen LogP) is 3.73. The van der Waals surface area contributed by atoms with Gasteiger partial charge >= 0.3 is 6.18 Å². The topological polar surface area (TPSA) is 37.5 Å². The highest BCUT2D eigenvalue weighted by molar-refractivity contribution is 5.64. The Morgan fingerprint density at radius 2 is 1.90 bits per heavy atom. The quantitative estimate of drug-likeness (QED) is 0.736. The van der Waals surface area contributed by atoms with Gasteiger partial charge in [-0.3, -0.25) is 4.40 Å². The minimum Gasteiger partial charge on any atom is -0.508 e. The van der Waals surface area contributed by atoms with Gasteiger partial charge in [0.2, 0.25) is 0 Å². The molecule has 0 radical (unpaired) electrons. The Balaban J connectivity index is 2.16. The molecular weight excluding hydrogens is 269 g/mol. The fourth-order valence-corrected chi connectivity index (χ4v) is 2.04.